The van der Waals surface area contributed by atoms with Gasteiger partial charge >= 0.3 is 0 Å². The average molecular weight is 326 g/mol. The maximum atomic E-state index is 12.5. The third-order valence-corrected chi connectivity index (χ3v) is 3.92. The van der Waals surface area contributed by atoms with Crippen LogP contribution in [0.4, 0.5) is 11.5 Å². The fourth-order valence-electron chi connectivity index (χ4n) is 2.48. The van der Waals surface area contributed by atoms with E-state index in [1.54, 1.807) is 18.3 Å². The third kappa shape index (κ3) is 3.63. The first-order valence-corrected chi connectivity index (χ1v) is 7.69. The van der Waals surface area contributed by atoms with E-state index in [0.29, 0.717) is 29.6 Å². The lowest BCUT2D eigenvalue weighted by atomic mass is 10.1. The minimum absolute atomic E-state index is 0.105. The van der Waals surface area contributed by atoms with Gasteiger partial charge in [0.1, 0.15) is 11.4 Å². The fraction of sp³-hybridized carbons (Fsp3) is 0.375. The van der Waals surface area contributed by atoms with Crippen molar-refractivity contribution < 1.29 is 9.53 Å². The third-order valence-electron chi connectivity index (χ3n) is 3.92. The number of methoxy groups -OCH3 is 1. The highest BCUT2D eigenvalue weighted by Gasteiger charge is 2.32. The maximum Gasteiger partial charge on any atom is 0.256 e. The van der Waals surface area contributed by atoms with E-state index < -0.39 is 0 Å². The number of nitrogens with zero attached hydrogens (tertiary/aromatic N) is 3. The van der Waals surface area contributed by atoms with Crippen LogP contribution < -0.4 is 15.4 Å². The van der Waals surface area contributed by atoms with Crippen LogP contribution in [-0.2, 0) is 0 Å². The molecule has 1 aliphatic rings. The van der Waals surface area contributed by atoms with E-state index in [0.717, 1.165) is 18.5 Å². The summed E-state index contributed by atoms with van der Waals surface area (Å²) in [4.78, 5) is 16.5. The Hall–Kier alpha value is -3.08. The number of anilines is 2. The van der Waals surface area contributed by atoms with Crippen LogP contribution in [0.5, 0.6) is 5.88 Å². The summed E-state index contributed by atoms with van der Waals surface area (Å²) in [6, 6.07) is 5.50. The normalized spacial score (nSPS) is 14.5. The van der Waals surface area contributed by atoms with Crippen LogP contribution in [0.15, 0.2) is 24.5 Å². The summed E-state index contributed by atoms with van der Waals surface area (Å²) in [5, 5.41) is 21.6. The van der Waals surface area contributed by atoms with Crippen LogP contribution in [0.1, 0.15) is 29.6 Å². The molecule has 3 N–H and O–H groups in total. The van der Waals surface area contributed by atoms with Crippen molar-refractivity contribution in [2.24, 2.45) is 5.92 Å². The molecule has 1 amide bonds. The van der Waals surface area contributed by atoms with E-state index in [9.17, 15) is 4.79 Å². The minimum Gasteiger partial charge on any atom is -0.481 e. The highest BCUT2D eigenvalue weighted by atomic mass is 16.5. The first-order chi connectivity index (χ1) is 11.7. The molecule has 1 atom stereocenters. The molecular weight excluding hydrogens is 308 g/mol. The molecule has 0 radical (unpaired) electrons. The molecule has 0 aliphatic heterocycles. The molecule has 8 heteroatoms. The molecule has 3 rings (SSSR count). The molecule has 0 saturated heterocycles. The molecule has 1 aliphatic carbocycles. The zero-order valence-electron chi connectivity index (χ0n) is 13.2. The summed E-state index contributed by atoms with van der Waals surface area (Å²) in [6.07, 6.45) is 5.50. The van der Waals surface area contributed by atoms with E-state index >= 15 is 0 Å². The van der Waals surface area contributed by atoms with Crippen LogP contribution in [0.25, 0.3) is 0 Å². The van der Waals surface area contributed by atoms with Gasteiger partial charge in [-0.1, -0.05) is 0 Å². The number of ether oxygens (including phenoxy) is 1. The number of H-pyrrole nitrogens is 1. The lowest BCUT2D eigenvalue weighted by molar-refractivity contribution is 0.0934. The van der Waals surface area contributed by atoms with Crippen molar-refractivity contribution >= 4 is 17.4 Å². The van der Waals surface area contributed by atoms with Gasteiger partial charge in [0.25, 0.3) is 5.91 Å². The van der Waals surface area contributed by atoms with Gasteiger partial charge in [0, 0.05) is 24.0 Å². The van der Waals surface area contributed by atoms with Gasteiger partial charge in [-0.3, -0.25) is 9.89 Å². The van der Waals surface area contributed by atoms with Crippen molar-refractivity contribution in [3.05, 3.63) is 30.1 Å². The van der Waals surface area contributed by atoms with Crippen molar-refractivity contribution in [1.82, 2.24) is 20.5 Å². The summed E-state index contributed by atoms with van der Waals surface area (Å²) in [7, 11) is 1.54. The number of hydrogen-bond donors (Lipinski definition) is 3. The SMILES string of the molecule is COc1cc(Nc2[nH]ncc2C(=O)NC(CC#N)C2CC2)ccn1. The Kier molecular flexibility index (Phi) is 4.61. The summed E-state index contributed by atoms with van der Waals surface area (Å²) in [5.41, 5.74) is 1.12. The molecule has 0 spiro atoms. The molecule has 0 aromatic carbocycles. The lowest BCUT2D eigenvalue weighted by Crippen LogP contribution is -2.36. The molecule has 2 aromatic heterocycles. The van der Waals surface area contributed by atoms with E-state index in [1.165, 1.54) is 13.3 Å². The molecule has 8 nitrogen and oxygen atoms in total. The Labute approximate surface area is 139 Å². The second-order valence-corrected chi connectivity index (χ2v) is 5.65. The van der Waals surface area contributed by atoms with Gasteiger partial charge in [0.05, 0.1) is 25.8 Å². The quantitative estimate of drug-likeness (QED) is 0.716. The van der Waals surface area contributed by atoms with Crippen molar-refractivity contribution in [1.29, 1.82) is 5.26 Å². The minimum atomic E-state index is -0.251. The first kappa shape index (κ1) is 15.8. The number of amides is 1. The molecule has 1 fully saturated rings. The molecule has 1 saturated carbocycles. The largest absolute Gasteiger partial charge is 0.481 e. The van der Waals surface area contributed by atoms with Crippen LogP contribution >= 0.6 is 0 Å². The Bertz CT molecular complexity index is 762. The smallest absolute Gasteiger partial charge is 0.256 e. The average Bonchev–Trinajstić information content (AvgIpc) is 3.34. The van der Waals surface area contributed by atoms with Crippen LogP contribution in [-0.4, -0.2) is 34.2 Å². The van der Waals surface area contributed by atoms with E-state index in [1.807, 2.05) is 0 Å². The number of nitrogens with one attached hydrogen (secondary N) is 3. The number of carbonyl (C=O) groups is 1. The Morgan fingerprint density at radius 1 is 1.58 bits per heavy atom. The van der Waals surface area contributed by atoms with E-state index in [-0.39, 0.29) is 11.9 Å². The molecule has 24 heavy (non-hydrogen) atoms. The zero-order chi connectivity index (χ0) is 16.9. The molecule has 0 bridgehead atoms. The standard InChI is InChI=1S/C16H18N6O2/c1-24-14-8-11(5-7-18-14)20-15-12(9-19-22-15)16(23)21-13(4-6-17)10-2-3-10/h5,7-10,13H,2-4H2,1H3,(H,21,23)(H2,18,19,20,22). The van der Waals surface area contributed by atoms with Gasteiger partial charge in [-0.25, -0.2) is 4.98 Å². The first-order valence-electron chi connectivity index (χ1n) is 7.69. The number of carbonyl (C=O) groups excluding carboxylic acids is 1. The highest BCUT2D eigenvalue weighted by molar-refractivity contribution is 5.99. The number of rotatable bonds is 7. The summed E-state index contributed by atoms with van der Waals surface area (Å²) in [6.45, 7) is 0. The van der Waals surface area contributed by atoms with Gasteiger partial charge in [-0.15, -0.1) is 0 Å². The summed E-state index contributed by atoms with van der Waals surface area (Å²) in [5.74, 6) is 1.10. The Balaban J connectivity index is 1.72. The van der Waals surface area contributed by atoms with Gasteiger partial charge in [-0.2, -0.15) is 10.4 Å². The Morgan fingerprint density at radius 2 is 2.42 bits per heavy atom. The van der Waals surface area contributed by atoms with Crippen molar-refractivity contribution in [2.45, 2.75) is 25.3 Å². The second kappa shape index (κ2) is 7.00. The van der Waals surface area contributed by atoms with Gasteiger partial charge in [0.15, 0.2) is 0 Å². The number of aromatic nitrogens is 3. The van der Waals surface area contributed by atoms with Crippen LogP contribution in [0, 0.1) is 17.2 Å². The molecule has 124 valence electrons. The van der Waals surface area contributed by atoms with E-state index in [4.69, 9.17) is 10.00 Å². The van der Waals surface area contributed by atoms with Crippen molar-refractivity contribution in [3.8, 4) is 11.9 Å². The predicted octanol–water partition coefficient (Wildman–Crippen LogP) is 1.98. The van der Waals surface area contributed by atoms with Crippen molar-refractivity contribution in [3.63, 3.8) is 0 Å². The molecular formula is C16H18N6O2. The number of aromatic amines is 1. The van der Waals surface area contributed by atoms with Crippen molar-refractivity contribution in [2.75, 3.05) is 12.4 Å². The predicted molar refractivity (Wildman–Crippen MR) is 86.9 cm³/mol. The number of nitriles is 1. The lowest BCUT2D eigenvalue weighted by Gasteiger charge is -2.15. The van der Waals surface area contributed by atoms with E-state index in [2.05, 4.69) is 31.9 Å². The fourth-order valence-corrected chi connectivity index (χ4v) is 2.48. The van der Waals surface area contributed by atoms with Crippen LogP contribution in [0.3, 0.4) is 0 Å². The van der Waals surface area contributed by atoms with Gasteiger partial charge in [-0.05, 0) is 24.8 Å². The van der Waals surface area contributed by atoms with Crippen LogP contribution in [0.2, 0.25) is 0 Å². The molecule has 1 unspecified atom stereocenters. The summed E-state index contributed by atoms with van der Waals surface area (Å²) < 4.78 is 5.08. The monoisotopic (exact) mass is 326 g/mol. The Morgan fingerprint density at radius 3 is 3.12 bits per heavy atom. The number of hydrogen-bond acceptors (Lipinski definition) is 6. The highest BCUT2D eigenvalue weighted by Crippen LogP contribution is 2.34. The zero-order valence-corrected chi connectivity index (χ0v) is 13.2. The second-order valence-electron chi connectivity index (χ2n) is 5.65. The molecule has 2 aromatic rings. The number of pyridine rings is 1. The van der Waals surface area contributed by atoms with Gasteiger partial charge in [0.2, 0.25) is 5.88 Å². The molecule has 2 heterocycles. The van der Waals surface area contributed by atoms with Gasteiger partial charge < -0.3 is 15.4 Å². The summed E-state index contributed by atoms with van der Waals surface area (Å²) >= 11 is 0. The topological polar surface area (TPSA) is 116 Å². The maximum absolute atomic E-state index is 12.5.